The fourth-order valence-electron chi connectivity index (χ4n) is 2.48. The first-order chi connectivity index (χ1) is 10.7. The van der Waals surface area contributed by atoms with Crippen LogP contribution in [0, 0.1) is 25.2 Å². The van der Waals surface area contributed by atoms with E-state index in [0.717, 1.165) is 16.5 Å². The van der Waals surface area contributed by atoms with Crippen LogP contribution in [0.5, 0.6) is 0 Å². The van der Waals surface area contributed by atoms with Crippen LogP contribution in [-0.2, 0) is 5.75 Å². The molecule has 0 saturated heterocycles. The van der Waals surface area contributed by atoms with Gasteiger partial charge in [-0.2, -0.15) is 5.26 Å². The molecule has 0 saturated carbocycles. The quantitative estimate of drug-likeness (QED) is 0.531. The minimum absolute atomic E-state index is 0.579. The Morgan fingerprint density at radius 2 is 1.82 bits per heavy atom. The van der Waals surface area contributed by atoms with Gasteiger partial charge in [0.1, 0.15) is 22.5 Å². The van der Waals surface area contributed by atoms with E-state index in [4.69, 9.17) is 0 Å². The lowest BCUT2D eigenvalue weighted by molar-refractivity contribution is 0.923. The molecule has 0 aliphatic carbocycles. The van der Waals surface area contributed by atoms with Crippen LogP contribution in [0.4, 0.5) is 0 Å². The highest BCUT2D eigenvalue weighted by Gasteiger charge is 2.11. The maximum atomic E-state index is 9.32. The van der Waals surface area contributed by atoms with Gasteiger partial charge in [-0.3, -0.25) is 0 Å². The topological polar surface area (TPSA) is 49.6 Å². The van der Waals surface area contributed by atoms with Crippen LogP contribution in [-0.4, -0.2) is 9.97 Å². The molecule has 0 bridgehead atoms. The summed E-state index contributed by atoms with van der Waals surface area (Å²) in [7, 11) is 0. The smallest absolute Gasteiger partial charge is 0.126 e. The second kappa shape index (κ2) is 6.17. The molecule has 108 valence electrons. The molecule has 0 fully saturated rings. The number of fused-ring (bicyclic) bond motifs is 1. The van der Waals surface area contributed by atoms with E-state index in [-0.39, 0.29) is 0 Å². The van der Waals surface area contributed by atoms with Crippen molar-refractivity contribution in [1.29, 1.82) is 5.26 Å². The lowest BCUT2D eigenvalue weighted by atomic mass is 10.1. The molecule has 1 aromatic heterocycles. The first kappa shape index (κ1) is 14.6. The summed E-state index contributed by atoms with van der Waals surface area (Å²) in [5.74, 6) is 1.49. The van der Waals surface area contributed by atoms with Crippen LogP contribution in [0.3, 0.4) is 0 Å². The Kier molecular flexibility index (Phi) is 4.08. The van der Waals surface area contributed by atoms with Gasteiger partial charge in [0.15, 0.2) is 0 Å². The molecule has 0 aliphatic heterocycles. The number of hydrogen-bond donors (Lipinski definition) is 0. The van der Waals surface area contributed by atoms with Gasteiger partial charge in [0, 0.05) is 5.75 Å². The summed E-state index contributed by atoms with van der Waals surface area (Å²) in [6.07, 6.45) is 0. The summed E-state index contributed by atoms with van der Waals surface area (Å²) < 4.78 is 0. The van der Waals surface area contributed by atoms with Gasteiger partial charge in [-0.1, -0.05) is 42.5 Å². The van der Waals surface area contributed by atoms with E-state index >= 15 is 0 Å². The zero-order chi connectivity index (χ0) is 15.5. The number of aromatic nitrogens is 2. The Balaban J connectivity index is 1.94. The predicted molar refractivity (Wildman–Crippen MR) is 89.7 cm³/mol. The van der Waals surface area contributed by atoms with Gasteiger partial charge in [-0.05, 0) is 30.2 Å². The Morgan fingerprint density at radius 3 is 2.64 bits per heavy atom. The average molecular weight is 305 g/mol. The molecule has 2 aromatic carbocycles. The highest BCUT2D eigenvalue weighted by atomic mass is 32.2. The van der Waals surface area contributed by atoms with Gasteiger partial charge >= 0.3 is 0 Å². The fraction of sp³-hybridized carbons (Fsp3) is 0.167. The largest absolute Gasteiger partial charge is 0.237 e. The first-order valence-corrected chi connectivity index (χ1v) is 8.02. The van der Waals surface area contributed by atoms with Crippen molar-refractivity contribution in [2.75, 3.05) is 0 Å². The first-order valence-electron chi connectivity index (χ1n) is 7.04. The molecule has 3 nitrogen and oxygen atoms in total. The molecule has 0 amide bonds. The van der Waals surface area contributed by atoms with Gasteiger partial charge in [-0.25, -0.2) is 9.97 Å². The van der Waals surface area contributed by atoms with Crippen LogP contribution in [0.2, 0.25) is 0 Å². The van der Waals surface area contributed by atoms with Crippen molar-refractivity contribution in [3.05, 3.63) is 65.1 Å². The van der Waals surface area contributed by atoms with Gasteiger partial charge in [0.25, 0.3) is 0 Å². The number of nitriles is 1. The number of thioether (sulfide) groups is 1. The van der Waals surface area contributed by atoms with E-state index in [9.17, 15) is 5.26 Å². The molecule has 3 aromatic rings. The SMILES string of the molecule is Cc1nc(C)c(C#N)c(SCc2cccc3ccccc23)n1. The Labute approximate surface area is 134 Å². The van der Waals surface area contributed by atoms with Crippen LogP contribution < -0.4 is 0 Å². The van der Waals surface area contributed by atoms with E-state index in [1.807, 2.05) is 19.9 Å². The van der Waals surface area contributed by atoms with E-state index in [1.165, 1.54) is 16.3 Å². The average Bonchev–Trinajstić information content (AvgIpc) is 2.52. The predicted octanol–water partition coefficient (Wildman–Crippen LogP) is 4.41. The summed E-state index contributed by atoms with van der Waals surface area (Å²) in [5, 5.41) is 12.6. The third kappa shape index (κ3) is 2.81. The van der Waals surface area contributed by atoms with Gasteiger partial charge in [-0.15, -0.1) is 11.8 Å². The standard InChI is InChI=1S/C18H15N3S/c1-12-17(10-19)18(21-13(2)20-12)22-11-15-8-5-7-14-6-3-4-9-16(14)15/h3-9H,11H2,1-2H3. The van der Waals surface area contributed by atoms with Crippen molar-refractivity contribution < 1.29 is 0 Å². The molecule has 22 heavy (non-hydrogen) atoms. The monoisotopic (exact) mass is 305 g/mol. The molecule has 3 rings (SSSR count). The molecule has 0 atom stereocenters. The van der Waals surface area contributed by atoms with Crippen LogP contribution in [0.15, 0.2) is 47.5 Å². The van der Waals surface area contributed by atoms with E-state index in [1.54, 1.807) is 11.8 Å². The number of aryl methyl sites for hydroxylation is 2. The lowest BCUT2D eigenvalue weighted by Gasteiger charge is -2.08. The number of rotatable bonds is 3. The van der Waals surface area contributed by atoms with Gasteiger partial charge < -0.3 is 0 Å². The molecule has 0 aliphatic rings. The third-order valence-corrected chi connectivity index (χ3v) is 4.55. The molecule has 1 heterocycles. The Hall–Kier alpha value is -2.38. The van der Waals surface area contributed by atoms with Crippen LogP contribution in [0.1, 0.15) is 22.6 Å². The second-order valence-corrected chi connectivity index (χ2v) is 6.04. The Bertz CT molecular complexity index is 876. The van der Waals surface area contributed by atoms with Crippen LogP contribution >= 0.6 is 11.8 Å². The third-order valence-electron chi connectivity index (χ3n) is 3.52. The molecule has 0 N–H and O–H groups in total. The summed E-state index contributed by atoms with van der Waals surface area (Å²) in [6.45, 7) is 3.71. The summed E-state index contributed by atoms with van der Waals surface area (Å²) >= 11 is 1.59. The normalized spacial score (nSPS) is 10.6. The second-order valence-electron chi connectivity index (χ2n) is 5.08. The summed E-state index contributed by atoms with van der Waals surface area (Å²) in [4.78, 5) is 8.69. The fourth-order valence-corrected chi connectivity index (χ4v) is 3.56. The molecule has 0 spiro atoms. The van der Waals surface area contributed by atoms with Crippen molar-refractivity contribution >= 4 is 22.5 Å². The summed E-state index contributed by atoms with van der Waals surface area (Å²) in [6, 6.07) is 16.9. The number of benzene rings is 2. The van der Waals surface area contributed by atoms with Crippen molar-refractivity contribution in [1.82, 2.24) is 9.97 Å². The van der Waals surface area contributed by atoms with Crippen molar-refractivity contribution in [2.24, 2.45) is 0 Å². The minimum Gasteiger partial charge on any atom is -0.237 e. The maximum Gasteiger partial charge on any atom is 0.126 e. The molecule has 0 radical (unpaired) electrons. The number of hydrogen-bond acceptors (Lipinski definition) is 4. The van der Waals surface area contributed by atoms with Crippen molar-refractivity contribution in [2.45, 2.75) is 24.6 Å². The highest BCUT2D eigenvalue weighted by molar-refractivity contribution is 7.98. The summed E-state index contributed by atoms with van der Waals surface area (Å²) in [5.41, 5.74) is 2.58. The van der Waals surface area contributed by atoms with Gasteiger partial charge in [0.05, 0.1) is 5.69 Å². The number of nitrogens with zero attached hydrogens (tertiary/aromatic N) is 3. The van der Waals surface area contributed by atoms with E-state index in [2.05, 4.69) is 52.4 Å². The van der Waals surface area contributed by atoms with Crippen molar-refractivity contribution in [3.8, 4) is 6.07 Å². The van der Waals surface area contributed by atoms with E-state index in [0.29, 0.717) is 11.4 Å². The Morgan fingerprint density at radius 1 is 1.05 bits per heavy atom. The van der Waals surface area contributed by atoms with E-state index < -0.39 is 0 Å². The highest BCUT2D eigenvalue weighted by Crippen LogP contribution is 2.28. The zero-order valence-electron chi connectivity index (χ0n) is 12.5. The van der Waals surface area contributed by atoms with Crippen LogP contribution in [0.25, 0.3) is 10.8 Å². The minimum atomic E-state index is 0.579. The maximum absolute atomic E-state index is 9.32. The molecule has 0 unspecified atom stereocenters. The lowest BCUT2D eigenvalue weighted by Crippen LogP contribution is -1.99. The van der Waals surface area contributed by atoms with Crippen molar-refractivity contribution in [3.63, 3.8) is 0 Å². The molecular weight excluding hydrogens is 290 g/mol. The molecular formula is C18H15N3S. The zero-order valence-corrected chi connectivity index (χ0v) is 13.3. The molecule has 4 heteroatoms. The van der Waals surface area contributed by atoms with Gasteiger partial charge in [0.2, 0.25) is 0 Å².